The first-order valence-electron chi connectivity index (χ1n) is 8.34. The SMILES string of the molecule is CC[C@@H](C)NC(=O)C[NH+]1CCN(c2cccc(C(F)(F)F)c2)CC1. The fourth-order valence-corrected chi connectivity index (χ4v) is 2.79. The molecule has 1 atom stereocenters. The first-order chi connectivity index (χ1) is 11.3. The average Bonchev–Trinajstić information content (AvgIpc) is 2.54. The number of benzene rings is 1. The van der Waals surface area contributed by atoms with Crippen LogP contribution in [0, 0.1) is 0 Å². The molecule has 1 heterocycles. The van der Waals surface area contributed by atoms with E-state index < -0.39 is 11.7 Å². The molecule has 0 radical (unpaired) electrons. The first-order valence-corrected chi connectivity index (χ1v) is 8.34. The van der Waals surface area contributed by atoms with Crippen molar-refractivity contribution in [2.24, 2.45) is 0 Å². The van der Waals surface area contributed by atoms with Crippen LogP contribution in [0.5, 0.6) is 0 Å². The highest BCUT2D eigenvalue weighted by Gasteiger charge is 2.31. The summed E-state index contributed by atoms with van der Waals surface area (Å²) in [5.74, 6) is 0.0341. The fraction of sp³-hybridized carbons (Fsp3) is 0.588. The van der Waals surface area contributed by atoms with Gasteiger partial charge in [0.25, 0.3) is 5.91 Å². The van der Waals surface area contributed by atoms with Gasteiger partial charge in [0.15, 0.2) is 6.54 Å². The van der Waals surface area contributed by atoms with Gasteiger partial charge in [0.1, 0.15) is 0 Å². The molecule has 1 fully saturated rings. The summed E-state index contributed by atoms with van der Waals surface area (Å²) in [5.41, 5.74) is -0.0318. The number of rotatable bonds is 5. The van der Waals surface area contributed by atoms with Gasteiger partial charge < -0.3 is 15.1 Å². The highest BCUT2D eigenvalue weighted by molar-refractivity contribution is 5.77. The molecule has 1 aliphatic heterocycles. The van der Waals surface area contributed by atoms with Crippen molar-refractivity contribution in [1.82, 2.24) is 5.32 Å². The summed E-state index contributed by atoms with van der Waals surface area (Å²) in [7, 11) is 0. The molecule has 1 saturated heterocycles. The van der Waals surface area contributed by atoms with E-state index in [4.69, 9.17) is 0 Å². The summed E-state index contributed by atoms with van der Waals surface area (Å²) in [6, 6.07) is 5.60. The monoisotopic (exact) mass is 344 g/mol. The van der Waals surface area contributed by atoms with Crippen LogP contribution in [-0.2, 0) is 11.0 Å². The van der Waals surface area contributed by atoms with Gasteiger partial charge in [-0.15, -0.1) is 0 Å². The lowest BCUT2D eigenvalue weighted by Crippen LogP contribution is -3.16. The zero-order valence-corrected chi connectivity index (χ0v) is 14.1. The lowest BCUT2D eigenvalue weighted by molar-refractivity contribution is -0.892. The maximum atomic E-state index is 12.8. The minimum Gasteiger partial charge on any atom is -0.360 e. The van der Waals surface area contributed by atoms with Crippen molar-refractivity contribution >= 4 is 11.6 Å². The van der Waals surface area contributed by atoms with Crippen LogP contribution in [0.3, 0.4) is 0 Å². The zero-order chi connectivity index (χ0) is 17.7. The van der Waals surface area contributed by atoms with Gasteiger partial charge in [-0.2, -0.15) is 13.2 Å². The summed E-state index contributed by atoms with van der Waals surface area (Å²) < 4.78 is 38.4. The number of alkyl halides is 3. The second-order valence-corrected chi connectivity index (χ2v) is 6.34. The van der Waals surface area contributed by atoms with E-state index in [1.165, 1.54) is 17.0 Å². The summed E-state index contributed by atoms with van der Waals surface area (Å²) in [5, 5.41) is 2.95. The van der Waals surface area contributed by atoms with Crippen LogP contribution in [0.15, 0.2) is 24.3 Å². The predicted octanol–water partition coefficient (Wildman–Crippen LogP) is 1.33. The quantitative estimate of drug-likeness (QED) is 0.846. The Labute approximate surface area is 140 Å². The molecular weight excluding hydrogens is 319 g/mol. The van der Waals surface area contributed by atoms with Crippen LogP contribution < -0.4 is 15.1 Å². The van der Waals surface area contributed by atoms with E-state index in [0.717, 1.165) is 25.6 Å². The molecule has 0 aliphatic carbocycles. The number of carbonyl (C=O) groups excluding carboxylic acids is 1. The Morgan fingerprint density at radius 3 is 2.58 bits per heavy atom. The summed E-state index contributed by atoms with van der Waals surface area (Å²) in [6.07, 6.45) is -3.43. The van der Waals surface area contributed by atoms with Gasteiger partial charge in [-0.3, -0.25) is 4.79 Å². The van der Waals surface area contributed by atoms with E-state index in [0.29, 0.717) is 25.3 Å². The number of carbonyl (C=O) groups is 1. The highest BCUT2D eigenvalue weighted by atomic mass is 19.4. The largest absolute Gasteiger partial charge is 0.416 e. The molecule has 1 aromatic rings. The zero-order valence-electron chi connectivity index (χ0n) is 14.1. The molecule has 1 aromatic carbocycles. The molecule has 1 amide bonds. The van der Waals surface area contributed by atoms with Crippen LogP contribution in [-0.4, -0.2) is 44.7 Å². The molecule has 7 heteroatoms. The van der Waals surface area contributed by atoms with Crippen molar-refractivity contribution < 1.29 is 22.9 Å². The van der Waals surface area contributed by atoms with Gasteiger partial charge in [-0.1, -0.05) is 13.0 Å². The van der Waals surface area contributed by atoms with Gasteiger partial charge in [0.05, 0.1) is 31.7 Å². The minimum atomic E-state index is -4.32. The number of quaternary nitrogens is 1. The van der Waals surface area contributed by atoms with E-state index in [-0.39, 0.29) is 11.9 Å². The standard InChI is InChI=1S/C17H24F3N3O/c1-3-13(2)21-16(24)12-22-7-9-23(10-8-22)15-6-4-5-14(11-15)17(18,19)20/h4-6,11,13H,3,7-10,12H2,1-2H3,(H,21,24)/p+1/t13-/m1/s1. The Kier molecular flexibility index (Phi) is 6.10. The number of halogens is 3. The van der Waals surface area contributed by atoms with Crippen molar-refractivity contribution in [2.45, 2.75) is 32.5 Å². The molecule has 0 unspecified atom stereocenters. The third kappa shape index (κ3) is 5.12. The molecule has 0 saturated carbocycles. The van der Waals surface area contributed by atoms with E-state index in [9.17, 15) is 18.0 Å². The molecule has 0 spiro atoms. The van der Waals surface area contributed by atoms with Gasteiger partial charge in [0.2, 0.25) is 0 Å². The normalized spacial score (nSPS) is 17.6. The number of nitrogens with zero attached hydrogens (tertiary/aromatic N) is 1. The Morgan fingerprint density at radius 1 is 1.33 bits per heavy atom. The highest BCUT2D eigenvalue weighted by Crippen LogP contribution is 2.31. The Hall–Kier alpha value is -1.76. The third-order valence-corrected chi connectivity index (χ3v) is 4.44. The third-order valence-electron chi connectivity index (χ3n) is 4.44. The Bertz CT molecular complexity index is 554. The molecule has 0 aromatic heterocycles. The van der Waals surface area contributed by atoms with Crippen LogP contribution in [0.1, 0.15) is 25.8 Å². The number of nitrogens with one attached hydrogen (secondary N) is 2. The first kappa shape index (κ1) is 18.6. The second-order valence-electron chi connectivity index (χ2n) is 6.34. The van der Waals surface area contributed by atoms with E-state index in [2.05, 4.69) is 5.32 Å². The minimum absolute atomic E-state index is 0.0341. The van der Waals surface area contributed by atoms with Crippen LogP contribution >= 0.6 is 0 Å². The number of amides is 1. The summed E-state index contributed by atoms with van der Waals surface area (Å²) >= 11 is 0. The Morgan fingerprint density at radius 2 is 2.00 bits per heavy atom. The molecule has 4 nitrogen and oxygen atoms in total. The van der Waals surface area contributed by atoms with E-state index in [1.54, 1.807) is 6.07 Å². The van der Waals surface area contributed by atoms with Gasteiger partial charge in [-0.05, 0) is 31.5 Å². The smallest absolute Gasteiger partial charge is 0.360 e. The van der Waals surface area contributed by atoms with E-state index in [1.807, 2.05) is 18.7 Å². The molecular formula is C17H25F3N3O+. The molecule has 24 heavy (non-hydrogen) atoms. The van der Waals surface area contributed by atoms with Crippen molar-refractivity contribution in [3.8, 4) is 0 Å². The van der Waals surface area contributed by atoms with Crippen molar-refractivity contribution in [1.29, 1.82) is 0 Å². The topological polar surface area (TPSA) is 36.8 Å². The molecule has 134 valence electrons. The maximum Gasteiger partial charge on any atom is 0.416 e. The lowest BCUT2D eigenvalue weighted by atomic mass is 10.1. The second kappa shape index (κ2) is 7.88. The summed E-state index contributed by atoms with van der Waals surface area (Å²) in [4.78, 5) is 15.0. The number of piperazine rings is 1. The summed E-state index contributed by atoms with van der Waals surface area (Å²) in [6.45, 7) is 7.18. The number of anilines is 1. The number of hydrogen-bond acceptors (Lipinski definition) is 2. The molecule has 1 aliphatic rings. The van der Waals surface area contributed by atoms with Gasteiger partial charge in [-0.25, -0.2) is 0 Å². The predicted molar refractivity (Wildman–Crippen MR) is 87.1 cm³/mol. The van der Waals surface area contributed by atoms with E-state index >= 15 is 0 Å². The molecule has 2 N–H and O–H groups in total. The van der Waals surface area contributed by atoms with Crippen molar-refractivity contribution in [3.05, 3.63) is 29.8 Å². The van der Waals surface area contributed by atoms with Crippen LogP contribution in [0.25, 0.3) is 0 Å². The number of hydrogen-bond donors (Lipinski definition) is 2. The van der Waals surface area contributed by atoms with Crippen molar-refractivity contribution in [3.63, 3.8) is 0 Å². The Balaban J connectivity index is 1.88. The lowest BCUT2D eigenvalue weighted by Gasteiger charge is -2.33. The fourth-order valence-electron chi connectivity index (χ4n) is 2.79. The van der Waals surface area contributed by atoms with Crippen LogP contribution in [0.4, 0.5) is 18.9 Å². The van der Waals surface area contributed by atoms with Crippen molar-refractivity contribution in [2.75, 3.05) is 37.6 Å². The average molecular weight is 344 g/mol. The maximum absolute atomic E-state index is 12.8. The van der Waals surface area contributed by atoms with Gasteiger partial charge >= 0.3 is 6.18 Å². The van der Waals surface area contributed by atoms with Crippen LogP contribution in [0.2, 0.25) is 0 Å². The molecule has 2 rings (SSSR count). The van der Waals surface area contributed by atoms with Gasteiger partial charge in [0, 0.05) is 11.7 Å². The molecule has 0 bridgehead atoms.